The first-order valence-corrected chi connectivity index (χ1v) is 5.45. The molecule has 0 saturated carbocycles. The molecular formula is C14H11N3. The van der Waals surface area contributed by atoms with E-state index < -0.39 is 0 Å². The Kier molecular flexibility index (Phi) is 2.29. The van der Waals surface area contributed by atoms with E-state index in [4.69, 9.17) is 0 Å². The van der Waals surface area contributed by atoms with Crippen molar-refractivity contribution in [3.05, 3.63) is 54.7 Å². The lowest BCUT2D eigenvalue weighted by molar-refractivity contribution is 1.25. The average Bonchev–Trinajstić information content (AvgIpc) is 2.39. The Hall–Kier alpha value is -2.29. The van der Waals surface area contributed by atoms with Crippen LogP contribution in [0, 0.1) is 6.92 Å². The first kappa shape index (κ1) is 9.90. The highest BCUT2D eigenvalue weighted by atomic mass is 14.7. The molecule has 3 nitrogen and oxygen atoms in total. The molecular weight excluding hydrogens is 210 g/mol. The van der Waals surface area contributed by atoms with Gasteiger partial charge in [0.1, 0.15) is 0 Å². The maximum atomic E-state index is 4.47. The summed E-state index contributed by atoms with van der Waals surface area (Å²) in [7, 11) is 0. The Morgan fingerprint density at radius 2 is 1.71 bits per heavy atom. The summed E-state index contributed by atoms with van der Waals surface area (Å²) in [6.45, 7) is 2.06. The number of hydrogen-bond acceptors (Lipinski definition) is 3. The van der Waals surface area contributed by atoms with Crippen molar-refractivity contribution in [1.29, 1.82) is 0 Å². The molecule has 0 spiro atoms. The molecule has 0 unspecified atom stereocenters. The minimum atomic E-state index is 0.941. The largest absolute Gasteiger partial charge is 0.264 e. The van der Waals surface area contributed by atoms with Gasteiger partial charge in [-0.1, -0.05) is 0 Å². The van der Waals surface area contributed by atoms with Crippen molar-refractivity contribution in [2.24, 2.45) is 0 Å². The molecule has 0 aliphatic rings. The number of fused-ring (bicyclic) bond motifs is 1. The first-order chi connectivity index (χ1) is 8.34. The third-order valence-electron chi connectivity index (χ3n) is 2.84. The van der Waals surface area contributed by atoms with Crippen LogP contribution in [0.15, 0.2) is 49.2 Å². The van der Waals surface area contributed by atoms with Crippen LogP contribution >= 0.6 is 0 Å². The smallest absolute Gasteiger partial charge is 0.0727 e. The zero-order chi connectivity index (χ0) is 11.7. The van der Waals surface area contributed by atoms with Gasteiger partial charge in [0, 0.05) is 47.3 Å². The Balaban J connectivity index is 2.22. The average molecular weight is 221 g/mol. The highest BCUT2D eigenvalue weighted by Gasteiger charge is 2.04. The Morgan fingerprint density at radius 1 is 0.882 bits per heavy atom. The summed E-state index contributed by atoms with van der Waals surface area (Å²) >= 11 is 0. The van der Waals surface area contributed by atoms with Crippen molar-refractivity contribution in [3.8, 4) is 11.3 Å². The molecule has 3 aromatic heterocycles. The van der Waals surface area contributed by atoms with E-state index >= 15 is 0 Å². The molecule has 0 aromatic carbocycles. The molecule has 3 aromatic rings. The predicted octanol–water partition coefficient (Wildman–Crippen LogP) is 3.00. The van der Waals surface area contributed by atoms with E-state index in [1.54, 1.807) is 12.4 Å². The number of aryl methyl sites for hydroxylation is 1. The van der Waals surface area contributed by atoms with Gasteiger partial charge in [-0.05, 0) is 30.7 Å². The van der Waals surface area contributed by atoms with Crippen LogP contribution in [0.4, 0.5) is 0 Å². The number of nitrogens with zero attached hydrogens (tertiary/aromatic N) is 3. The molecule has 3 heteroatoms. The predicted molar refractivity (Wildman–Crippen MR) is 67.5 cm³/mol. The number of aromatic nitrogens is 3. The minimum Gasteiger partial charge on any atom is -0.264 e. The fourth-order valence-electron chi connectivity index (χ4n) is 1.86. The van der Waals surface area contributed by atoms with Gasteiger partial charge in [0.15, 0.2) is 0 Å². The summed E-state index contributed by atoms with van der Waals surface area (Å²) in [5.41, 5.74) is 3.19. The third-order valence-corrected chi connectivity index (χ3v) is 2.84. The van der Waals surface area contributed by atoms with Crippen molar-refractivity contribution < 1.29 is 0 Å². The highest BCUT2D eigenvalue weighted by molar-refractivity contribution is 5.84. The summed E-state index contributed by atoms with van der Waals surface area (Å²) in [6, 6.07) is 6.00. The zero-order valence-electron chi connectivity index (χ0n) is 9.46. The molecule has 0 radical (unpaired) electrons. The van der Waals surface area contributed by atoms with Crippen molar-refractivity contribution in [1.82, 2.24) is 15.0 Å². The van der Waals surface area contributed by atoms with E-state index in [1.165, 1.54) is 5.56 Å². The third kappa shape index (κ3) is 1.76. The van der Waals surface area contributed by atoms with E-state index in [0.717, 1.165) is 22.0 Å². The van der Waals surface area contributed by atoms with Gasteiger partial charge in [0.05, 0.1) is 5.69 Å². The van der Waals surface area contributed by atoms with Gasteiger partial charge in [-0.25, -0.2) is 0 Å². The van der Waals surface area contributed by atoms with E-state index in [1.807, 2.05) is 36.8 Å². The molecule has 3 heterocycles. The quantitative estimate of drug-likeness (QED) is 0.634. The van der Waals surface area contributed by atoms with Crippen molar-refractivity contribution in [2.75, 3.05) is 0 Å². The number of pyridine rings is 3. The lowest BCUT2D eigenvalue weighted by atomic mass is 10.1. The monoisotopic (exact) mass is 221 g/mol. The van der Waals surface area contributed by atoms with Crippen LogP contribution in [0.25, 0.3) is 22.0 Å². The SMILES string of the molecule is Cc1ccncc1-c1cc2cnccc2cn1. The van der Waals surface area contributed by atoms with E-state index in [9.17, 15) is 0 Å². The summed E-state index contributed by atoms with van der Waals surface area (Å²) in [5.74, 6) is 0. The summed E-state index contributed by atoms with van der Waals surface area (Å²) in [5, 5.41) is 2.20. The normalized spacial score (nSPS) is 10.6. The van der Waals surface area contributed by atoms with Gasteiger partial charge in [0.2, 0.25) is 0 Å². The molecule has 0 aliphatic heterocycles. The van der Waals surface area contributed by atoms with Crippen LogP contribution in [-0.4, -0.2) is 15.0 Å². The van der Waals surface area contributed by atoms with E-state index in [0.29, 0.717) is 0 Å². The molecule has 0 atom stereocenters. The van der Waals surface area contributed by atoms with E-state index in [-0.39, 0.29) is 0 Å². The number of rotatable bonds is 1. The van der Waals surface area contributed by atoms with Gasteiger partial charge in [-0.2, -0.15) is 0 Å². The summed E-state index contributed by atoms with van der Waals surface area (Å²) < 4.78 is 0. The first-order valence-electron chi connectivity index (χ1n) is 5.45. The molecule has 0 saturated heterocycles. The fraction of sp³-hybridized carbons (Fsp3) is 0.0714. The van der Waals surface area contributed by atoms with Gasteiger partial charge in [0.25, 0.3) is 0 Å². The van der Waals surface area contributed by atoms with Gasteiger partial charge in [-0.3, -0.25) is 15.0 Å². The summed E-state index contributed by atoms with van der Waals surface area (Å²) in [4.78, 5) is 12.7. The van der Waals surface area contributed by atoms with Crippen LogP contribution in [0.1, 0.15) is 5.56 Å². The second kappa shape index (κ2) is 3.94. The molecule has 17 heavy (non-hydrogen) atoms. The van der Waals surface area contributed by atoms with Crippen molar-refractivity contribution in [3.63, 3.8) is 0 Å². The molecule has 0 bridgehead atoms. The number of hydrogen-bond donors (Lipinski definition) is 0. The Morgan fingerprint density at radius 3 is 2.59 bits per heavy atom. The molecule has 0 aliphatic carbocycles. The lowest BCUT2D eigenvalue weighted by Crippen LogP contribution is -1.88. The van der Waals surface area contributed by atoms with E-state index in [2.05, 4.69) is 21.9 Å². The van der Waals surface area contributed by atoms with Gasteiger partial charge >= 0.3 is 0 Å². The maximum absolute atomic E-state index is 4.47. The summed E-state index contributed by atoms with van der Waals surface area (Å²) in [6.07, 6.45) is 9.14. The topological polar surface area (TPSA) is 38.7 Å². The minimum absolute atomic E-state index is 0.941. The van der Waals surface area contributed by atoms with Crippen LogP contribution in [-0.2, 0) is 0 Å². The standard InChI is InChI=1S/C14H11N3/c1-10-2-4-16-9-13(10)14-6-12-7-15-5-3-11(12)8-17-14/h2-9H,1H3. The van der Waals surface area contributed by atoms with Crippen LogP contribution < -0.4 is 0 Å². The zero-order valence-corrected chi connectivity index (χ0v) is 9.46. The van der Waals surface area contributed by atoms with Crippen LogP contribution in [0.5, 0.6) is 0 Å². The van der Waals surface area contributed by atoms with Gasteiger partial charge in [-0.15, -0.1) is 0 Å². The molecule has 0 amide bonds. The maximum Gasteiger partial charge on any atom is 0.0727 e. The second-order valence-electron chi connectivity index (χ2n) is 3.98. The lowest BCUT2D eigenvalue weighted by Gasteiger charge is -2.05. The fourth-order valence-corrected chi connectivity index (χ4v) is 1.86. The highest BCUT2D eigenvalue weighted by Crippen LogP contribution is 2.23. The molecule has 0 N–H and O–H groups in total. The van der Waals surface area contributed by atoms with Gasteiger partial charge < -0.3 is 0 Å². The Labute approximate surface area is 99.2 Å². The second-order valence-corrected chi connectivity index (χ2v) is 3.98. The van der Waals surface area contributed by atoms with Crippen LogP contribution in [0.2, 0.25) is 0 Å². The molecule has 3 rings (SSSR count). The van der Waals surface area contributed by atoms with Crippen LogP contribution in [0.3, 0.4) is 0 Å². The van der Waals surface area contributed by atoms with Crippen molar-refractivity contribution in [2.45, 2.75) is 6.92 Å². The molecule has 82 valence electrons. The molecule has 0 fully saturated rings. The van der Waals surface area contributed by atoms with Crippen molar-refractivity contribution >= 4 is 10.8 Å². The Bertz CT molecular complexity index is 677.